The van der Waals surface area contributed by atoms with Gasteiger partial charge in [-0.2, -0.15) is 0 Å². The minimum Gasteiger partial charge on any atom is -0.352 e. The fourth-order valence-corrected chi connectivity index (χ4v) is 3.42. The minimum absolute atomic E-state index is 0.154. The summed E-state index contributed by atoms with van der Waals surface area (Å²) in [4.78, 5) is 23.5. The molecule has 0 atom stereocenters. The van der Waals surface area contributed by atoms with Crippen LogP contribution in [0.2, 0.25) is 0 Å². The molecule has 8 heteroatoms. The smallest absolute Gasteiger partial charge is 0.295 e. The lowest BCUT2D eigenvalue weighted by molar-refractivity contribution is 0.651. The van der Waals surface area contributed by atoms with Crippen LogP contribution in [0.3, 0.4) is 0 Å². The van der Waals surface area contributed by atoms with Gasteiger partial charge in [-0.25, -0.2) is 9.97 Å². The van der Waals surface area contributed by atoms with Crippen LogP contribution in [0, 0.1) is 6.92 Å². The Balaban J connectivity index is 1.72. The fourth-order valence-electron chi connectivity index (χ4n) is 3.42. The van der Waals surface area contributed by atoms with Gasteiger partial charge in [0.2, 0.25) is 5.65 Å². The van der Waals surface area contributed by atoms with Gasteiger partial charge in [0.05, 0.1) is 6.54 Å². The lowest BCUT2D eigenvalue weighted by Crippen LogP contribution is -2.24. The maximum atomic E-state index is 12.1. The topological polar surface area (TPSA) is 81.2 Å². The molecule has 0 N–H and O–H groups in total. The number of nitrogens with zero attached hydrogens (tertiary/aromatic N) is 7. The second-order valence-corrected chi connectivity index (χ2v) is 6.61. The number of anilines is 1. The van der Waals surface area contributed by atoms with Crippen LogP contribution in [0.5, 0.6) is 0 Å². The molecular formula is C17H21N7O. The quantitative estimate of drug-likeness (QED) is 0.709. The first-order valence-electron chi connectivity index (χ1n) is 8.51. The van der Waals surface area contributed by atoms with Crippen LogP contribution in [-0.2, 0) is 26.4 Å². The van der Waals surface area contributed by atoms with Gasteiger partial charge in [0.25, 0.3) is 5.56 Å². The number of fused-ring (bicyclic) bond motifs is 2. The molecule has 0 aliphatic heterocycles. The van der Waals surface area contributed by atoms with Gasteiger partial charge in [-0.1, -0.05) is 0 Å². The number of aromatic nitrogens is 6. The standard InChI is InChI=1S/C17H21N7O/c1-11-18-13-7-5-4-6-12(13)15(19-11)23(3)10-14-20-21-16-17(25)22(2)8-9-24(14)16/h8-9H,4-7,10H2,1-3H3. The zero-order valence-electron chi connectivity index (χ0n) is 14.7. The summed E-state index contributed by atoms with van der Waals surface area (Å²) >= 11 is 0. The number of aryl methyl sites for hydroxylation is 3. The molecule has 4 rings (SSSR count). The molecule has 1 aliphatic carbocycles. The SMILES string of the molecule is Cc1nc2c(c(N(C)Cc3nnc4c(=O)n(C)ccn34)n1)CCCC2. The summed E-state index contributed by atoms with van der Waals surface area (Å²) in [5, 5.41) is 8.26. The van der Waals surface area contributed by atoms with E-state index in [0.29, 0.717) is 12.2 Å². The van der Waals surface area contributed by atoms with E-state index in [1.165, 1.54) is 28.7 Å². The van der Waals surface area contributed by atoms with Gasteiger partial charge in [-0.15, -0.1) is 10.2 Å². The summed E-state index contributed by atoms with van der Waals surface area (Å²) < 4.78 is 3.25. The molecule has 0 bridgehead atoms. The van der Waals surface area contributed by atoms with Crippen LogP contribution in [0.25, 0.3) is 5.65 Å². The molecule has 25 heavy (non-hydrogen) atoms. The first-order chi connectivity index (χ1) is 12.0. The van der Waals surface area contributed by atoms with Crippen molar-refractivity contribution in [1.29, 1.82) is 0 Å². The van der Waals surface area contributed by atoms with Gasteiger partial charge in [-0.3, -0.25) is 9.20 Å². The Morgan fingerprint density at radius 1 is 1.16 bits per heavy atom. The average Bonchev–Trinajstić information content (AvgIpc) is 3.00. The Kier molecular flexibility index (Phi) is 3.74. The third-order valence-corrected chi connectivity index (χ3v) is 4.73. The minimum atomic E-state index is -0.154. The van der Waals surface area contributed by atoms with E-state index in [4.69, 9.17) is 0 Å². The predicted octanol–water partition coefficient (Wildman–Crippen LogP) is 1.04. The van der Waals surface area contributed by atoms with E-state index in [2.05, 4.69) is 25.1 Å². The van der Waals surface area contributed by atoms with Crippen molar-refractivity contribution in [2.24, 2.45) is 7.05 Å². The highest BCUT2D eigenvalue weighted by atomic mass is 16.1. The Bertz CT molecular complexity index is 1000. The molecule has 0 saturated carbocycles. The van der Waals surface area contributed by atoms with Crippen molar-refractivity contribution in [1.82, 2.24) is 29.1 Å². The third-order valence-electron chi connectivity index (χ3n) is 4.73. The average molecular weight is 339 g/mol. The van der Waals surface area contributed by atoms with Crippen molar-refractivity contribution in [3.63, 3.8) is 0 Å². The van der Waals surface area contributed by atoms with Crippen LogP contribution in [0.4, 0.5) is 5.82 Å². The molecule has 1 aliphatic rings. The van der Waals surface area contributed by atoms with Crippen LogP contribution in [-0.4, -0.2) is 36.2 Å². The first-order valence-corrected chi connectivity index (χ1v) is 8.51. The third kappa shape index (κ3) is 2.67. The van der Waals surface area contributed by atoms with Gasteiger partial charge in [0.15, 0.2) is 5.82 Å². The lowest BCUT2D eigenvalue weighted by atomic mass is 9.96. The highest BCUT2D eigenvalue weighted by Gasteiger charge is 2.20. The Labute approximate surface area is 145 Å². The Morgan fingerprint density at radius 3 is 2.80 bits per heavy atom. The van der Waals surface area contributed by atoms with Gasteiger partial charge in [0.1, 0.15) is 11.6 Å². The molecule has 0 radical (unpaired) electrons. The maximum Gasteiger partial charge on any atom is 0.295 e. The van der Waals surface area contributed by atoms with Crippen LogP contribution >= 0.6 is 0 Å². The van der Waals surface area contributed by atoms with E-state index < -0.39 is 0 Å². The van der Waals surface area contributed by atoms with E-state index in [0.717, 1.165) is 30.3 Å². The van der Waals surface area contributed by atoms with Crippen LogP contribution < -0.4 is 10.5 Å². The zero-order valence-corrected chi connectivity index (χ0v) is 14.7. The molecular weight excluding hydrogens is 318 g/mol. The molecule has 130 valence electrons. The zero-order chi connectivity index (χ0) is 17.6. The Morgan fingerprint density at radius 2 is 1.96 bits per heavy atom. The molecule has 0 unspecified atom stereocenters. The molecule has 0 aromatic carbocycles. The van der Waals surface area contributed by atoms with E-state index in [9.17, 15) is 4.79 Å². The van der Waals surface area contributed by atoms with Crippen molar-refractivity contribution in [3.8, 4) is 0 Å². The van der Waals surface area contributed by atoms with Crippen molar-refractivity contribution in [2.75, 3.05) is 11.9 Å². The summed E-state index contributed by atoms with van der Waals surface area (Å²) in [7, 11) is 3.71. The highest BCUT2D eigenvalue weighted by molar-refractivity contribution is 5.50. The molecule has 3 aromatic heterocycles. The summed E-state index contributed by atoms with van der Waals surface area (Å²) in [6.07, 6.45) is 7.92. The molecule has 3 aromatic rings. The molecule has 0 saturated heterocycles. The molecule has 0 spiro atoms. The molecule has 3 heterocycles. The van der Waals surface area contributed by atoms with E-state index in [1.807, 2.05) is 20.2 Å². The normalized spacial score (nSPS) is 13.9. The van der Waals surface area contributed by atoms with Crippen molar-refractivity contribution in [2.45, 2.75) is 39.2 Å². The summed E-state index contributed by atoms with van der Waals surface area (Å²) in [5.74, 6) is 2.47. The van der Waals surface area contributed by atoms with Crippen LogP contribution in [0.1, 0.15) is 35.7 Å². The summed E-state index contributed by atoms with van der Waals surface area (Å²) in [6, 6.07) is 0. The van der Waals surface area contributed by atoms with Gasteiger partial charge >= 0.3 is 0 Å². The van der Waals surface area contributed by atoms with Gasteiger partial charge in [0, 0.05) is 37.7 Å². The maximum absolute atomic E-state index is 12.1. The monoisotopic (exact) mass is 339 g/mol. The van der Waals surface area contributed by atoms with Crippen molar-refractivity contribution in [3.05, 3.63) is 45.7 Å². The fraction of sp³-hybridized carbons (Fsp3) is 0.471. The number of hydrogen-bond acceptors (Lipinski definition) is 6. The van der Waals surface area contributed by atoms with Crippen molar-refractivity contribution < 1.29 is 0 Å². The largest absolute Gasteiger partial charge is 0.352 e. The number of rotatable bonds is 3. The van der Waals surface area contributed by atoms with E-state index >= 15 is 0 Å². The summed E-state index contributed by atoms with van der Waals surface area (Å²) in [6.45, 7) is 2.46. The summed E-state index contributed by atoms with van der Waals surface area (Å²) in [5.41, 5.74) is 2.60. The first kappa shape index (κ1) is 15.7. The number of hydrogen-bond donors (Lipinski definition) is 0. The highest BCUT2D eigenvalue weighted by Crippen LogP contribution is 2.28. The van der Waals surface area contributed by atoms with Gasteiger partial charge in [-0.05, 0) is 32.6 Å². The van der Waals surface area contributed by atoms with E-state index in [-0.39, 0.29) is 5.56 Å². The molecule has 0 amide bonds. The molecule has 0 fully saturated rings. The predicted molar refractivity (Wildman–Crippen MR) is 93.7 cm³/mol. The lowest BCUT2D eigenvalue weighted by Gasteiger charge is -2.24. The second-order valence-electron chi connectivity index (χ2n) is 6.61. The van der Waals surface area contributed by atoms with Gasteiger partial charge < -0.3 is 9.47 Å². The van der Waals surface area contributed by atoms with Crippen molar-refractivity contribution >= 4 is 11.5 Å². The van der Waals surface area contributed by atoms with E-state index in [1.54, 1.807) is 17.6 Å². The second kappa shape index (κ2) is 5.94. The Hall–Kier alpha value is -2.77. The molecule has 8 nitrogen and oxygen atoms in total. The van der Waals surface area contributed by atoms with Crippen LogP contribution in [0.15, 0.2) is 17.2 Å².